The maximum atomic E-state index is 12.0. The molecule has 1 heterocycles. The minimum absolute atomic E-state index is 0.0871. The van der Waals surface area contributed by atoms with Crippen molar-refractivity contribution < 1.29 is 19.4 Å². The Balaban J connectivity index is 1.75. The molecular formula is C17H24N2O4. The first-order valence-corrected chi connectivity index (χ1v) is 8.02. The predicted molar refractivity (Wildman–Crippen MR) is 86.3 cm³/mol. The highest BCUT2D eigenvalue weighted by Crippen LogP contribution is 2.16. The van der Waals surface area contributed by atoms with Gasteiger partial charge in [-0.25, -0.2) is 0 Å². The van der Waals surface area contributed by atoms with Crippen LogP contribution in [-0.4, -0.2) is 48.1 Å². The van der Waals surface area contributed by atoms with Crippen molar-refractivity contribution in [3.63, 3.8) is 0 Å². The number of carboxylic acid groups (broad SMARTS) is 1. The molecule has 0 aromatic heterocycles. The molecule has 0 saturated carbocycles. The summed E-state index contributed by atoms with van der Waals surface area (Å²) in [5.41, 5.74) is 0.983. The van der Waals surface area contributed by atoms with E-state index in [1.807, 2.05) is 29.2 Å². The van der Waals surface area contributed by atoms with Crippen LogP contribution in [0.2, 0.25) is 0 Å². The second-order valence-corrected chi connectivity index (χ2v) is 5.83. The number of benzene rings is 1. The summed E-state index contributed by atoms with van der Waals surface area (Å²) in [5.74, 6) is -0.412. The fourth-order valence-corrected chi connectivity index (χ4v) is 2.60. The van der Waals surface area contributed by atoms with Crippen molar-refractivity contribution in [2.45, 2.75) is 26.3 Å². The minimum Gasteiger partial charge on any atom is -0.494 e. The van der Waals surface area contributed by atoms with Gasteiger partial charge in [-0.1, -0.05) is 19.1 Å². The van der Waals surface area contributed by atoms with Crippen LogP contribution in [0, 0.1) is 5.92 Å². The maximum absolute atomic E-state index is 12.0. The van der Waals surface area contributed by atoms with Gasteiger partial charge in [-0.15, -0.1) is 0 Å². The van der Waals surface area contributed by atoms with E-state index in [2.05, 4.69) is 12.2 Å². The molecule has 6 nitrogen and oxygen atoms in total. The average molecular weight is 320 g/mol. The maximum Gasteiger partial charge on any atom is 0.307 e. The van der Waals surface area contributed by atoms with Crippen LogP contribution in [0.15, 0.2) is 24.3 Å². The van der Waals surface area contributed by atoms with E-state index in [0.717, 1.165) is 17.7 Å². The van der Waals surface area contributed by atoms with Gasteiger partial charge >= 0.3 is 5.97 Å². The molecule has 0 radical (unpaired) electrons. The predicted octanol–water partition coefficient (Wildman–Crippen LogP) is 1.50. The summed E-state index contributed by atoms with van der Waals surface area (Å²) in [4.78, 5) is 24.8. The number of amides is 1. The third-order valence-electron chi connectivity index (χ3n) is 3.85. The number of hydrogen-bond donors (Lipinski definition) is 2. The van der Waals surface area contributed by atoms with Crippen molar-refractivity contribution in [3.8, 4) is 5.75 Å². The number of nitrogens with zero attached hydrogens (tertiary/aromatic N) is 1. The Kier molecular flexibility index (Phi) is 6.40. The lowest BCUT2D eigenvalue weighted by Crippen LogP contribution is -2.36. The van der Waals surface area contributed by atoms with Crippen LogP contribution in [0.25, 0.3) is 0 Å². The third kappa shape index (κ3) is 5.56. The zero-order valence-corrected chi connectivity index (χ0v) is 13.5. The van der Waals surface area contributed by atoms with Crippen LogP contribution in [0.5, 0.6) is 5.75 Å². The molecule has 1 fully saturated rings. The van der Waals surface area contributed by atoms with Crippen molar-refractivity contribution in [1.82, 2.24) is 10.2 Å². The van der Waals surface area contributed by atoms with Crippen molar-refractivity contribution in [2.24, 2.45) is 5.92 Å². The summed E-state index contributed by atoms with van der Waals surface area (Å²) in [7, 11) is 0. The largest absolute Gasteiger partial charge is 0.494 e. The van der Waals surface area contributed by atoms with E-state index in [0.29, 0.717) is 32.7 Å². The number of rotatable bonds is 8. The van der Waals surface area contributed by atoms with E-state index in [4.69, 9.17) is 9.84 Å². The first-order chi connectivity index (χ1) is 11.1. The normalized spacial score (nSPS) is 17.9. The number of aliphatic carboxylic acids is 1. The van der Waals surface area contributed by atoms with E-state index in [1.165, 1.54) is 0 Å². The summed E-state index contributed by atoms with van der Waals surface area (Å²) >= 11 is 0. The van der Waals surface area contributed by atoms with Crippen LogP contribution in [0.1, 0.15) is 25.3 Å². The quantitative estimate of drug-likeness (QED) is 0.759. The molecule has 1 aromatic rings. The number of nitrogens with one attached hydrogen (secondary N) is 1. The Morgan fingerprint density at radius 2 is 2.26 bits per heavy atom. The zero-order valence-electron chi connectivity index (χ0n) is 13.5. The number of carboxylic acids is 1. The Morgan fingerprint density at radius 3 is 2.96 bits per heavy atom. The lowest BCUT2D eigenvalue weighted by Gasteiger charge is -2.15. The van der Waals surface area contributed by atoms with E-state index in [9.17, 15) is 9.59 Å². The minimum atomic E-state index is -0.781. The summed E-state index contributed by atoms with van der Waals surface area (Å²) in [6.07, 6.45) is 1.56. The van der Waals surface area contributed by atoms with Crippen LogP contribution in [0.3, 0.4) is 0 Å². The first kappa shape index (κ1) is 17.3. The fraction of sp³-hybridized carbons (Fsp3) is 0.529. The van der Waals surface area contributed by atoms with Gasteiger partial charge in [-0.2, -0.15) is 0 Å². The first-order valence-electron chi connectivity index (χ1n) is 8.02. The Hall–Kier alpha value is -2.08. The van der Waals surface area contributed by atoms with Crippen molar-refractivity contribution in [3.05, 3.63) is 29.8 Å². The van der Waals surface area contributed by atoms with E-state index < -0.39 is 5.97 Å². The molecule has 1 atom stereocenters. The molecule has 6 heteroatoms. The summed E-state index contributed by atoms with van der Waals surface area (Å²) in [6.45, 7) is 4.52. The molecule has 0 aliphatic carbocycles. The van der Waals surface area contributed by atoms with Crippen LogP contribution < -0.4 is 10.1 Å². The van der Waals surface area contributed by atoms with Crippen LogP contribution in [0.4, 0.5) is 0 Å². The molecule has 1 unspecified atom stereocenters. The number of carbonyl (C=O) groups is 2. The topological polar surface area (TPSA) is 78.9 Å². The van der Waals surface area contributed by atoms with Crippen molar-refractivity contribution >= 4 is 11.9 Å². The second-order valence-electron chi connectivity index (χ2n) is 5.83. The smallest absolute Gasteiger partial charge is 0.307 e. The summed E-state index contributed by atoms with van der Waals surface area (Å²) < 4.78 is 5.57. The van der Waals surface area contributed by atoms with Gasteiger partial charge in [0.05, 0.1) is 19.1 Å². The van der Waals surface area contributed by atoms with Crippen molar-refractivity contribution in [2.75, 3.05) is 26.2 Å². The molecule has 1 amide bonds. The zero-order chi connectivity index (χ0) is 16.7. The Morgan fingerprint density at radius 1 is 1.43 bits per heavy atom. The second kappa shape index (κ2) is 8.53. The average Bonchev–Trinajstić information content (AvgIpc) is 3.00. The number of likely N-dealkylation sites (tertiary alicyclic amines) is 1. The molecule has 2 rings (SSSR count). The van der Waals surface area contributed by atoms with E-state index in [1.54, 1.807) is 0 Å². The molecule has 1 aliphatic heterocycles. The van der Waals surface area contributed by atoms with Gasteiger partial charge in [0, 0.05) is 13.1 Å². The Bertz CT molecular complexity index is 547. The Labute approximate surface area is 136 Å². The van der Waals surface area contributed by atoms with Gasteiger partial charge < -0.3 is 15.2 Å². The SMILES string of the molecule is CCCOc1cccc(CNC(=O)CN2CCC(C(=O)O)C2)c1. The summed E-state index contributed by atoms with van der Waals surface area (Å²) in [6, 6.07) is 7.67. The molecule has 0 spiro atoms. The summed E-state index contributed by atoms with van der Waals surface area (Å²) in [5, 5.41) is 11.8. The van der Waals surface area contributed by atoms with Gasteiger partial charge in [-0.3, -0.25) is 14.5 Å². The molecule has 1 saturated heterocycles. The highest BCUT2D eigenvalue weighted by Gasteiger charge is 2.28. The molecule has 23 heavy (non-hydrogen) atoms. The highest BCUT2D eigenvalue weighted by atomic mass is 16.5. The van der Waals surface area contributed by atoms with Gasteiger partial charge in [0.25, 0.3) is 0 Å². The third-order valence-corrected chi connectivity index (χ3v) is 3.85. The monoisotopic (exact) mass is 320 g/mol. The lowest BCUT2D eigenvalue weighted by atomic mass is 10.1. The van der Waals surface area contributed by atoms with E-state index >= 15 is 0 Å². The molecule has 0 bridgehead atoms. The van der Waals surface area contributed by atoms with Crippen LogP contribution >= 0.6 is 0 Å². The highest BCUT2D eigenvalue weighted by molar-refractivity contribution is 5.78. The molecule has 1 aromatic carbocycles. The van der Waals surface area contributed by atoms with Gasteiger partial charge in [-0.05, 0) is 37.1 Å². The van der Waals surface area contributed by atoms with Crippen molar-refractivity contribution in [1.29, 1.82) is 0 Å². The molecule has 126 valence electrons. The van der Waals surface area contributed by atoms with Gasteiger partial charge in [0.1, 0.15) is 5.75 Å². The number of hydrogen-bond acceptors (Lipinski definition) is 4. The molecule has 1 aliphatic rings. The lowest BCUT2D eigenvalue weighted by molar-refractivity contribution is -0.141. The number of carbonyl (C=O) groups excluding carboxylic acids is 1. The van der Waals surface area contributed by atoms with Gasteiger partial charge in [0.15, 0.2) is 0 Å². The van der Waals surface area contributed by atoms with Gasteiger partial charge in [0.2, 0.25) is 5.91 Å². The molecule has 2 N–H and O–H groups in total. The number of ether oxygens (including phenoxy) is 1. The fourth-order valence-electron chi connectivity index (χ4n) is 2.60. The molecular weight excluding hydrogens is 296 g/mol. The van der Waals surface area contributed by atoms with Crippen LogP contribution in [-0.2, 0) is 16.1 Å². The standard InChI is InChI=1S/C17H24N2O4/c1-2-8-23-15-5-3-4-13(9-15)10-18-16(20)12-19-7-6-14(11-19)17(21)22/h3-5,9,14H,2,6-8,10-12H2,1H3,(H,18,20)(H,21,22). The van der Waals surface area contributed by atoms with E-state index in [-0.39, 0.29) is 18.4 Å².